The molecule has 0 aliphatic heterocycles. The van der Waals surface area contributed by atoms with Crippen LogP contribution in [-0.4, -0.2) is 31.1 Å². The van der Waals surface area contributed by atoms with Gasteiger partial charge in [0.2, 0.25) is 5.91 Å². The molecular weight excluding hydrogens is 460 g/mol. The summed E-state index contributed by atoms with van der Waals surface area (Å²) in [6, 6.07) is 24.5. The number of nitrogens with one attached hydrogen (secondary N) is 1. The molecule has 1 amide bonds. The molecule has 0 bridgehead atoms. The van der Waals surface area contributed by atoms with E-state index in [1.165, 1.54) is 28.5 Å². The molecule has 5 nitrogen and oxygen atoms in total. The average Bonchev–Trinajstić information content (AvgIpc) is 3.15. The highest BCUT2D eigenvalue weighted by Crippen LogP contribution is 2.40. The first-order valence-electron chi connectivity index (χ1n) is 13.0. The fourth-order valence-electron chi connectivity index (χ4n) is 5.20. The quantitative estimate of drug-likeness (QED) is 0.259. The van der Waals surface area contributed by atoms with Crippen molar-refractivity contribution in [3.05, 3.63) is 90.0 Å². The molecule has 1 saturated carbocycles. The van der Waals surface area contributed by atoms with E-state index in [1.54, 1.807) is 0 Å². The second-order valence-corrected chi connectivity index (χ2v) is 10.3. The standard InChI is InChI=1S/C32H36N2O3/c1-34(2)29-17-15-27(16-18-29)26-13-10-25(11-14-26)23-32(20-5-3-4-6-21-32)31(37)33-28-9-7-8-24(22-28)12-19-30(35)36/h7-19,22H,3-6,20-21,23H2,1-2H3,(H,33,37)(H,35,36)/b19-12+. The molecule has 0 atom stereocenters. The summed E-state index contributed by atoms with van der Waals surface area (Å²) in [5.41, 5.74) is 5.66. The summed E-state index contributed by atoms with van der Waals surface area (Å²) in [7, 11) is 4.08. The molecule has 0 heterocycles. The van der Waals surface area contributed by atoms with Crippen molar-refractivity contribution in [1.29, 1.82) is 0 Å². The molecule has 5 heteroatoms. The minimum absolute atomic E-state index is 0.0529. The van der Waals surface area contributed by atoms with Crippen LogP contribution in [0.5, 0.6) is 0 Å². The summed E-state index contributed by atoms with van der Waals surface area (Å²) in [5.74, 6) is -0.944. The van der Waals surface area contributed by atoms with Gasteiger partial charge in [-0.05, 0) is 71.9 Å². The number of carbonyl (C=O) groups is 2. The van der Waals surface area contributed by atoms with Crippen LogP contribution in [0.4, 0.5) is 11.4 Å². The van der Waals surface area contributed by atoms with Gasteiger partial charge >= 0.3 is 5.97 Å². The molecule has 3 aromatic carbocycles. The number of hydrogen-bond donors (Lipinski definition) is 2. The molecule has 0 radical (unpaired) electrons. The Morgan fingerprint density at radius 1 is 0.892 bits per heavy atom. The van der Waals surface area contributed by atoms with E-state index in [9.17, 15) is 9.59 Å². The van der Waals surface area contributed by atoms with Gasteiger partial charge in [-0.25, -0.2) is 4.79 Å². The zero-order valence-corrected chi connectivity index (χ0v) is 21.7. The second-order valence-electron chi connectivity index (χ2n) is 10.3. The Morgan fingerprint density at radius 2 is 1.51 bits per heavy atom. The van der Waals surface area contributed by atoms with E-state index in [-0.39, 0.29) is 5.91 Å². The van der Waals surface area contributed by atoms with Gasteiger partial charge in [0.15, 0.2) is 0 Å². The van der Waals surface area contributed by atoms with Crippen LogP contribution < -0.4 is 10.2 Å². The third-order valence-corrected chi connectivity index (χ3v) is 7.32. The number of hydrogen-bond acceptors (Lipinski definition) is 3. The molecule has 1 aliphatic carbocycles. The predicted molar refractivity (Wildman–Crippen MR) is 152 cm³/mol. The number of rotatable bonds is 8. The van der Waals surface area contributed by atoms with Crippen LogP contribution in [0.2, 0.25) is 0 Å². The lowest BCUT2D eigenvalue weighted by Gasteiger charge is -2.32. The molecule has 192 valence electrons. The molecule has 4 rings (SSSR count). The van der Waals surface area contributed by atoms with Gasteiger partial charge in [0, 0.05) is 31.5 Å². The number of nitrogens with zero attached hydrogens (tertiary/aromatic N) is 1. The largest absolute Gasteiger partial charge is 0.478 e. The number of aliphatic carboxylic acids is 1. The normalized spacial score (nSPS) is 15.2. The van der Waals surface area contributed by atoms with Gasteiger partial charge in [-0.15, -0.1) is 0 Å². The Labute approximate surface area is 219 Å². The van der Waals surface area contributed by atoms with Crippen LogP contribution in [-0.2, 0) is 16.0 Å². The lowest BCUT2D eigenvalue weighted by molar-refractivity contribution is -0.131. The van der Waals surface area contributed by atoms with Crippen molar-refractivity contribution in [2.24, 2.45) is 5.41 Å². The Hall–Kier alpha value is -3.86. The van der Waals surface area contributed by atoms with Crippen molar-refractivity contribution in [1.82, 2.24) is 0 Å². The van der Waals surface area contributed by atoms with Crippen LogP contribution in [0, 0.1) is 5.41 Å². The number of anilines is 2. The van der Waals surface area contributed by atoms with E-state index in [1.807, 2.05) is 38.4 Å². The highest BCUT2D eigenvalue weighted by molar-refractivity contribution is 5.96. The zero-order chi connectivity index (χ0) is 26.3. The number of carbonyl (C=O) groups excluding carboxylic acids is 1. The first-order chi connectivity index (χ1) is 17.8. The molecule has 37 heavy (non-hydrogen) atoms. The highest BCUT2D eigenvalue weighted by Gasteiger charge is 2.38. The topological polar surface area (TPSA) is 69.6 Å². The Balaban J connectivity index is 1.53. The van der Waals surface area contributed by atoms with Gasteiger partial charge in [-0.1, -0.05) is 74.2 Å². The van der Waals surface area contributed by atoms with E-state index in [4.69, 9.17) is 5.11 Å². The minimum atomic E-state index is -0.997. The molecule has 0 saturated heterocycles. The summed E-state index contributed by atoms with van der Waals surface area (Å²) >= 11 is 0. The summed E-state index contributed by atoms with van der Waals surface area (Å²) < 4.78 is 0. The van der Waals surface area contributed by atoms with Crippen LogP contribution in [0.25, 0.3) is 17.2 Å². The smallest absolute Gasteiger partial charge is 0.328 e. The molecule has 0 spiro atoms. The van der Waals surface area contributed by atoms with Gasteiger partial charge in [0.1, 0.15) is 0 Å². The Bertz CT molecular complexity index is 1240. The fourth-order valence-corrected chi connectivity index (χ4v) is 5.20. The van der Waals surface area contributed by atoms with Crippen LogP contribution in [0.1, 0.15) is 49.7 Å². The van der Waals surface area contributed by atoms with Crippen LogP contribution >= 0.6 is 0 Å². The lowest BCUT2D eigenvalue weighted by Crippen LogP contribution is -2.38. The molecule has 3 aromatic rings. The third-order valence-electron chi connectivity index (χ3n) is 7.32. The van der Waals surface area contributed by atoms with E-state index in [0.717, 1.165) is 50.2 Å². The van der Waals surface area contributed by atoms with Crippen molar-refractivity contribution in [3.8, 4) is 11.1 Å². The van der Waals surface area contributed by atoms with Crippen molar-refractivity contribution in [3.63, 3.8) is 0 Å². The molecule has 1 fully saturated rings. The number of carboxylic acid groups (broad SMARTS) is 1. The summed E-state index contributed by atoms with van der Waals surface area (Å²) in [5, 5.41) is 12.1. The van der Waals surface area contributed by atoms with Gasteiger partial charge in [0.05, 0.1) is 5.41 Å². The summed E-state index contributed by atoms with van der Waals surface area (Å²) in [4.78, 5) is 26.7. The first-order valence-corrected chi connectivity index (χ1v) is 13.0. The Kier molecular flexibility index (Phi) is 8.44. The van der Waals surface area contributed by atoms with E-state index in [0.29, 0.717) is 12.1 Å². The first kappa shape index (κ1) is 26.2. The monoisotopic (exact) mass is 496 g/mol. The maximum absolute atomic E-state index is 13.8. The van der Waals surface area contributed by atoms with E-state index >= 15 is 0 Å². The molecule has 1 aliphatic rings. The van der Waals surface area contributed by atoms with Crippen molar-refractivity contribution < 1.29 is 14.7 Å². The predicted octanol–water partition coefficient (Wildman–Crippen LogP) is 7.04. The number of amides is 1. The molecule has 0 aromatic heterocycles. The summed E-state index contributed by atoms with van der Waals surface area (Å²) in [6.45, 7) is 0. The highest BCUT2D eigenvalue weighted by atomic mass is 16.4. The SMILES string of the molecule is CN(C)c1ccc(-c2ccc(CC3(C(=O)Nc4cccc(/C=C/C(=O)O)c4)CCCCCC3)cc2)cc1. The van der Waals surface area contributed by atoms with E-state index < -0.39 is 11.4 Å². The molecule has 0 unspecified atom stereocenters. The van der Waals surface area contributed by atoms with Gasteiger partial charge in [-0.3, -0.25) is 4.79 Å². The molecule has 2 N–H and O–H groups in total. The minimum Gasteiger partial charge on any atom is -0.478 e. The maximum Gasteiger partial charge on any atom is 0.328 e. The van der Waals surface area contributed by atoms with Crippen LogP contribution in [0.15, 0.2) is 78.9 Å². The van der Waals surface area contributed by atoms with Crippen molar-refractivity contribution in [2.75, 3.05) is 24.3 Å². The second kappa shape index (κ2) is 11.9. The third kappa shape index (κ3) is 6.88. The van der Waals surface area contributed by atoms with Gasteiger partial charge in [0.25, 0.3) is 0 Å². The summed E-state index contributed by atoms with van der Waals surface area (Å²) in [6.07, 6.45) is 9.49. The fraction of sp³-hybridized carbons (Fsp3) is 0.312. The van der Waals surface area contributed by atoms with Crippen molar-refractivity contribution in [2.45, 2.75) is 44.9 Å². The zero-order valence-electron chi connectivity index (χ0n) is 21.7. The van der Waals surface area contributed by atoms with Crippen LogP contribution in [0.3, 0.4) is 0 Å². The lowest BCUT2D eigenvalue weighted by atomic mass is 9.74. The number of carboxylic acids is 1. The van der Waals surface area contributed by atoms with E-state index in [2.05, 4.69) is 58.7 Å². The Morgan fingerprint density at radius 3 is 2.11 bits per heavy atom. The average molecular weight is 497 g/mol. The maximum atomic E-state index is 13.8. The van der Waals surface area contributed by atoms with Crippen molar-refractivity contribution >= 4 is 29.3 Å². The molecular formula is C32H36N2O3. The van der Waals surface area contributed by atoms with Gasteiger partial charge < -0.3 is 15.3 Å². The van der Waals surface area contributed by atoms with Gasteiger partial charge in [-0.2, -0.15) is 0 Å². The number of benzene rings is 3.